The number of nitrogens with zero attached hydrogens (tertiary/aromatic N) is 1. The maximum absolute atomic E-state index is 10.8. The third-order valence-electron chi connectivity index (χ3n) is 3.25. The summed E-state index contributed by atoms with van der Waals surface area (Å²) in [5, 5.41) is 14.2. The van der Waals surface area contributed by atoms with E-state index < -0.39 is 0 Å². The molecule has 4 nitrogen and oxygen atoms in total. The Hall–Kier alpha value is -0.940. The van der Waals surface area contributed by atoms with Crippen LogP contribution in [0.1, 0.15) is 31.7 Å². The molecule has 0 heterocycles. The molecule has 1 aromatic rings. The fourth-order valence-corrected chi connectivity index (χ4v) is 2.43. The van der Waals surface area contributed by atoms with E-state index in [1.165, 1.54) is 19.3 Å². The number of hydrogen-bond acceptors (Lipinski definition) is 3. The predicted octanol–water partition coefficient (Wildman–Crippen LogP) is 3.64. The van der Waals surface area contributed by atoms with Gasteiger partial charge in [-0.05, 0) is 46.8 Å². The van der Waals surface area contributed by atoms with Crippen LogP contribution in [-0.2, 0) is 6.54 Å². The smallest absolute Gasteiger partial charge is 0.283 e. The first-order valence-corrected chi connectivity index (χ1v) is 7.01. The summed E-state index contributed by atoms with van der Waals surface area (Å²) in [6, 6.07) is 5.75. The first kappa shape index (κ1) is 13.5. The van der Waals surface area contributed by atoms with Crippen molar-refractivity contribution in [3.8, 4) is 0 Å². The van der Waals surface area contributed by atoms with Crippen LogP contribution >= 0.6 is 15.9 Å². The number of benzene rings is 1. The number of hydrogen-bond donors (Lipinski definition) is 1. The van der Waals surface area contributed by atoms with E-state index >= 15 is 0 Å². The van der Waals surface area contributed by atoms with Gasteiger partial charge in [-0.15, -0.1) is 0 Å². The quantitative estimate of drug-likeness (QED) is 0.644. The molecule has 1 aliphatic rings. The highest BCUT2D eigenvalue weighted by atomic mass is 79.9. The molecular formula is C13H17BrN2O2. The van der Waals surface area contributed by atoms with Crippen LogP contribution in [0.5, 0.6) is 0 Å². The van der Waals surface area contributed by atoms with Crippen LogP contribution in [0.4, 0.5) is 5.69 Å². The summed E-state index contributed by atoms with van der Waals surface area (Å²) in [7, 11) is 0. The summed E-state index contributed by atoms with van der Waals surface area (Å²) in [6.07, 6.45) is 3.92. The third kappa shape index (κ3) is 3.78. The number of nitro groups is 1. The molecule has 18 heavy (non-hydrogen) atoms. The highest BCUT2D eigenvalue weighted by Crippen LogP contribution is 2.33. The summed E-state index contributed by atoms with van der Waals surface area (Å²) in [6.45, 7) is 2.85. The molecule has 0 spiro atoms. The van der Waals surface area contributed by atoms with Crippen molar-refractivity contribution in [1.82, 2.24) is 5.32 Å². The van der Waals surface area contributed by atoms with Crippen molar-refractivity contribution in [2.24, 2.45) is 5.92 Å². The van der Waals surface area contributed by atoms with Crippen molar-refractivity contribution >= 4 is 21.6 Å². The molecule has 2 rings (SSSR count). The normalized spacial score (nSPS) is 16.6. The van der Waals surface area contributed by atoms with Crippen molar-refractivity contribution in [1.29, 1.82) is 0 Å². The summed E-state index contributed by atoms with van der Waals surface area (Å²) in [5.74, 6) is 0.895. The molecule has 0 aromatic heterocycles. The van der Waals surface area contributed by atoms with Crippen LogP contribution in [0.25, 0.3) is 0 Å². The standard InChI is InChI=1S/C13H17BrN2O2/c1-9(6-10-2-3-10)15-8-11-4-5-12(14)13(7-11)16(17)18/h4-5,7,9-10,15H,2-3,6,8H2,1H3. The van der Waals surface area contributed by atoms with E-state index in [1.807, 2.05) is 6.07 Å². The predicted molar refractivity (Wildman–Crippen MR) is 74.4 cm³/mol. The van der Waals surface area contributed by atoms with E-state index in [0.29, 0.717) is 17.1 Å². The second-order valence-corrected chi connectivity index (χ2v) is 5.86. The van der Waals surface area contributed by atoms with Crippen LogP contribution in [0.3, 0.4) is 0 Å². The van der Waals surface area contributed by atoms with E-state index in [2.05, 4.69) is 28.2 Å². The highest BCUT2D eigenvalue weighted by Gasteiger charge is 2.23. The van der Waals surface area contributed by atoms with Gasteiger partial charge in [0.15, 0.2) is 0 Å². The zero-order valence-electron chi connectivity index (χ0n) is 10.4. The fraction of sp³-hybridized carbons (Fsp3) is 0.538. The Morgan fingerprint density at radius 3 is 2.89 bits per heavy atom. The Balaban J connectivity index is 1.92. The number of rotatable bonds is 6. The number of nitro benzene ring substituents is 1. The molecular weight excluding hydrogens is 296 g/mol. The van der Waals surface area contributed by atoms with Crippen LogP contribution < -0.4 is 5.32 Å². The van der Waals surface area contributed by atoms with Gasteiger partial charge < -0.3 is 5.32 Å². The summed E-state index contributed by atoms with van der Waals surface area (Å²) in [5.41, 5.74) is 1.08. The zero-order valence-corrected chi connectivity index (χ0v) is 11.9. The molecule has 1 saturated carbocycles. The van der Waals surface area contributed by atoms with Gasteiger partial charge in [-0.3, -0.25) is 10.1 Å². The van der Waals surface area contributed by atoms with Gasteiger partial charge in [0.2, 0.25) is 0 Å². The van der Waals surface area contributed by atoms with E-state index in [-0.39, 0.29) is 10.6 Å². The molecule has 0 radical (unpaired) electrons. The zero-order chi connectivity index (χ0) is 13.1. The van der Waals surface area contributed by atoms with Gasteiger partial charge in [-0.1, -0.05) is 18.9 Å². The molecule has 1 atom stereocenters. The maximum atomic E-state index is 10.8. The van der Waals surface area contributed by atoms with Crippen molar-refractivity contribution in [3.63, 3.8) is 0 Å². The Labute approximate surface area is 115 Å². The Kier molecular flexibility index (Phi) is 4.35. The molecule has 1 aromatic carbocycles. The van der Waals surface area contributed by atoms with Gasteiger partial charge in [0.1, 0.15) is 0 Å². The fourth-order valence-electron chi connectivity index (χ4n) is 2.04. The second-order valence-electron chi connectivity index (χ2n) is 5.00. The molecule has 1 N–H and O–H groups in total. The minimum atomic E-state index is -0.360. The average Bonchev–Trinajstić information content (AvgIpc) is 3.11. The first-order chi connectivity index (χ1) is 8.56. The highest BCUT2D eigenvalue weighted by molar-refractivity contribution is 9.10. The summed E-state index contributed by atoms with van der Waals surface area (Å²) >= 11 is 3.19. The Morgan fingerprint density at radius 2 is 2.28 bits per heavy atom. The Morgan fingerprint density at radius 1 is 1.56 bits per heavy atom. The van der Waals surface area contributed by atoms with Crippen LogP contribution in [-0.4, -0.2) is 11.0 Å². The molecule has 0 saturated heterocycles. The second kappa shape index (κ2) is 5.80. The largest absolute Gasteiger partial charge is 0.310 e. The van der Waals surface area contributed by atoms with E-state index in [0.717, 1.165) is 11.5 Å². The molecule has 1 unspecified atom stereocenters. The lowest BCUT2D eigenvalue weighted by molar-refractivity contribution is -0.385. The maximum Gasteiger partial charge on any atom is 0.283 e. The third-order valence-corrected chi connectivity index (χ3v) is 3.92. The van der Waals surface area contributed by atoms with Crippen molar-refractivity contribution in [3.05, 3.63) is 38.3 Å². The lowest BCUT2D eigenvalue weighted by Gasteiger charge is -2.13. The molecule has 1 fully saturated rings. The van der Waals surface area contributed by atoms with Gasteiger partial charge in [-0.2, -0.15) is 0 Å². The minimum absolute atomic E-state index is 0.129. The molecule has 0 bridgehead atoms. The van der Waals surface area contributed by atoms with E-state index in [9.17, 15) is 10.1 Å². The first-order valence-electron chi connectivity index (χ1n) is 6.22. The van der Waals surface area contributed by atoms with Gasteiger partial charge in [0.25, 0.3) is 5.69 Å². The van der Waals surface area contributed by atoms with Gasteiger partial charge in [-0.25, -0.2) is 0 Å². The molecule has 98 valence electrons. The van der Waals surface area contributed by atoms with Crippen molar-refractivity contribution in [2.75, 3.05) is 0 Å². The molecule has 0 aliphatic heterocycles. The lowest BCUT2D eigenvalue weighted by Crippen LogP contribution is -2.25. The molecule has 0 amide bonds. The van der Waals surface area contributed by atoms with Crippen LogP contribution in [0.2, 0.25) is 0 Å². The minimum Gasteiger partial charge on any atom is -0.310 e. The monoisotopic (exact) mass is 312 g/mol. The number of nitrogens with one attached hydrogen (secondary N) is 1. The van der Waals surface area contributed by atoms with Gasteiger partial charge in [0.05, 0.1) is 9.40 Å². The van der Waals surface area contributed by atoms with Gasteiger partial charge in [0, 0.05) is 18.7 Å². The van der Waals surface area contributed by atoms with Gasteiger partial charge >= 0.3 is 0 Å². The van der Waals surface area contributed by atoms with E-state index in [4.69, 9.17) is 0 Å². The SMILES string of the molecule is CC(CC1CC1)NCc1ccc(Br)c([N+](=O)[O-])c1. The van der Waals surface area contributed by atoms with Crippen LogP contribution in [0.15, 0.2) is 22.7 Å². The summed E-state index contributed by atoms with van der Waals surface area (Å²) in [4.78, 5) is 10.5. The number of halogens is 1. The molecule has 1 aliphatic carbocycles. The topological polar surface area (TPSA) is 55.2 Å². The molecule has 5 heteroatoms. The average molecular weight is 313 g/mol. The summed E-state index contributed by atoms with van der Waals surface area (Å²) < 4.78 is 0.530. The Bertz CT molecular complexity index is 447. The van der Waals surface area contributed by atoms with Crippen molar-refractivity contribution < 1.29 is 4.92 Å². The lowest BCUT2D eigenvalue weighted by atomic mass is 10.1. The van der Waals surface area contributed by atoms with E-state index in [1.54, 1.807) is 12.1 Å². The van der Waals surface area contributed by atoms with Crippen molar-refractivity contribution in [2.45, 2.75) is 38.8 Å². The van der Waals surface area contributed by atoms with Crippen LogP contribution in [0, 0.1) is 16.0 Å².